The van der Waals surface area contributed by atoms with E-state index < -0.39 is 6.10 Å². The van der Waals surface area contributed by atoms with Crippen molar-refractivity contribution in [2.45, 2.75) is 13.0 Å². The molecule has 1 fully saturated rings. The molecule has 110 valence electrons. The third-order valence-corrected chi connectivity index (χ3v) is 3.64. The topological polar surface area (TPSA) is 55.8 Å². The van der Waals surface area contributed by atoms with Gasteiger partial charge in [-0.25, -0.2) is 0 Å². The van der Waals surface area contributed by atoms with E-state index in [4.69, 9.17) is 0 Å². The zero-order chi connectivity index (χ0) is 14.5. The number of aliphatic hydroxyl groups is 1. The van der Waals surface area contributed by atoms with Crippen molar-refractivity contribution in [1.29, 1.82) is 0 Å². The van der Waals surface area contributed by atoms with Gasteiger partial charge in [-0.2, -0.15) is 0 Å². The molecule has 1 aliphatic rings. The van der Waals surface area contributed by atoms with Gasteiger partial charge in [0.2, 0.25) is 5.91 Å². The second kappa shape index (κ2) is 6.83. The number of nitrogens with one attached hydrogen (secondary N) is 1. The van der Waals surface area contributed by atoms with Crippen LogP contribution in [0, 0.1) is 0 Å². The Morgan fingerprint density at radius 1 is 1.25 bits per heavy atom. The number of benzene rings is 1. The molecular formula is C15H23N3O2. The third kappa shape index (κ3) is 4.30. The van der Waals surface area contributed by atoms with Gasteiger partial charge in [-0.1, -0.05) is 12.1 Å². The van der Waals surface area contributed by atoms with Gasteiger partial charge in [0, 0.05) is 45.3 Å². The highest BCUT2D eigenvalue weighted by Gasteiger charge is 2.17. The number of rotatable bonds is 4. The predicted octanol–water partition coefficient (Wildman–Crippen LogP) is 0.926. The molecule has 1 heterocycles. The molecule has 0 spiro atoms. The minimum atomic E-state index is -0.482. The number of hydrogen-bond acceptors (Lipinski definition) is 4. The van der Waals surface area contributed by atoms with E-state index in [1.165, 1.54) is 6.92 Å². The molecule has 1 aromatic carbocycles. The highest BCUT2D eigenvalue weighted by molar-refractivity contribution is 5.88. The largest absolute Gasteiger partial charge is 0.387 e. The Kier molecular flexibility index (Phi) is 5.11. The summed E-state index contributed by atoms with van der Waals surface area (Å²) in [6.45, 7) is 6.24. The predicted molar refractivity (Wildman–Crippen MR) is 79.6 cm³/mol. The second-order valence-corrected chi connectivity index (χ2v) is 5.42. The number of β-amino-alcohol motifs (C(OH)–C–C–N with tert-alkyl or cyclic N) is 1. The average Bonchev–Trinajstić information content (AvgIpc) is 2.41. The van der Waals surface area contributed by atoms with Crippen LogP contribution in [-0.4, -0.2) is 60.6 Å². The van der Waals surface area contributed by atoms with E-state index in [0.29, 0.717) is 6.54 Å². The maximum absolute atomic E-state index is 11.0. The summed E-state index contributed by atoms with van der Waals surface area (Å²) in [5.74, 6) is -0.0873. The molecule has 5 heteroatoms. The van der Waals surface area contributed by atoms with Gasteiger partial charge in [-0.05, 0) is 24.7 Å². The van der Waals surface area contributed by atoms with Crippen LogP contribution in [0.1, 0.15) is 18.6 Å². The summed E-state index contributed by atoms with van der Waals surface area (Å²) in [5.41, 5.74) is 1.64. The minimum Gasteiger partial charge on any atom is -0.387 e. The highest BCUT2D eigenvalue weighted by atomic mass is 16.3. The van der Waals surface area contributed by atoms with Crippen LogP contribution in [0.5, 0.6) is 0 Å². The van der Waals surface area contributed by atoms with Crippen LogP contribution in [0.4, 0.5) is 5.69 Å². The molecule has 20 heavy (non-hydrogen) atoms. The molecule has 5 nitrogen and oxygen atoms in total. The van der Waals surface area contributed by atoms with Gasteiger partial charge in [0.25, 0.3) is 0 Å². The molecule has 1 aliphatic heterocycles. The Balaban J connectivity index is 1.88. The zero-order valence-electron chi connectivity index (χ0n) is 12.2. The fraction of sp³-hybridized carbons (Fsp3) is 0.533. The van der Waals surface area contributed by atoms with Gasteiger partial charge in [0.1, 0.15) is 0 Å². The summed E-state index contributed by atoms with van der Waals surface area (Å²) in [7, 11) is 2.12. The molecule has 1 saturated heterocycles. The quantitative estimate of drug-likeness (QED) is 0.859. The van der Waals surface area contributed by atoms with E-state index in [1.54, 1.807) is 0 Å². The molecule has 1 amide bonds. The summed E-state index contributed by atoms with van der Waals surface area (Å²) >= 11 is 0. The van der Waals surface area contributed by atoms with E-state index in [-0.39, 0.29) is 5.91 Å². The van der Waals surface area contributed by atoms with Gasteiger partial charge < -0.3 is 15.3 Å². The lowest BCUT2D eigenvalue weighted by Gasteiger charge is -2.33. The average molecular weight is 277 g/mol. The minimum absolute atomic E-state index is 0.0873. The number of nitrogens with zero attached hydrogens (tertiary/aromatic N) is 2. The van der Waals surface area contributed by atoms with Crippen molar-refractivity contribution in [2.75, 3.05) is 45.1 Å². The smallest absolute Gasteiger partial charge is 0.221 e. The van der Waals surface area contributed by atoms with Crippen molar-refractivity contribution in [2.24, 2.45) is 0 Å². The van der Waals surface area contributed by atoms with Crippen molar-refractivity contribution in [3.63, 3.8) is 0 Å². The van der Waals surface area contributed by atoms with Gasteiger partial charge in [0.15, 0.2) is 0 Å². The van der Waals surface area contributed by atoms with Gasteiger partial charge in [-0.3, -0.25) is 9.69 Å². The lowest BCUT2D eigenvalue weighted by molar-refractivity contribution is -0.114. The van der Waals surface area contributed by atoms with Crippen LogP contribution < -0.4 is 5.32 Å². The van der Waals surface area contributed by atoms with Crippen molar-refractivity contribution < 1.29 is 9.90 Å². The lowest BCUT2D eigenvalue weighted by atomic mass is 10.1. The second-order valence-electron chi connectivity index (χ2n) is 5.42. The number of amides is 1. The number of carbonyl (C=O) groups excluding carboxylic acids is 1. The van der Waals surface area contributed by atoms with E-state index in [1.807, 2.05) is 24.3 Å². The first-order chi connectivity index (χ1) is 9.54. The van der Waals surface area contributed by atoms with Crippen LogP contribution in [0.3, 0.4) is 0 Å². The normalized spacial score (nSPS) is 18.8. The van der Waals surface area contributed by atoms with Crippen molar-refractivity contribution in [1.82, 2.24) is 9.80 Å². The maximum atomic E-state index is 11.0. The number of aliphatic hydroxyl groups excluding tert-OH is 1. The molecule has 2 N–H and O–H groups in total. The SMILES string of the molecule is CC(=O)Nc1ccc(C(O)CN2CCN(C)CC2)cc1. The Morgan fingerprint density at radius 3 is 2.40 bits per heavy atom. The molecular weight excluding hydrogens is 254 g/mol. The fourth-order valence-electron chi connectivity index (χ4n) is 2.37. The van der Waals surface area contributed by atoms with E-state index in [0.717, 1.165) is 37.4 Å². The number of hydrogen-bond donors (Lipinski definition) is 2. The third-order valence-electron chi connectivity index (χ3n) is 3.64. The number of piperazine rings is 1. The van der Waals surface area contributed by atoms with Crippen LogP contribution in [0.2, 0.25) is 0 Å². The molecule has 0 aliphatic carbocycles. The van der Waals surface area contributed by atoms with Crippen LogP contribution in [0.15, 0.2) is 24.3 Å². The maximum Gasteiger partial charge on any atom is 0.221 e. The highest BCUT2D eigenvalue weighted by Crippen LogP contribution is 2.18. The summed E-state index contributed by atoms with van der Waals surface area (Å²) in [6, 6.07) is 7.38. The summed E-state index contributed by atoms with van der Waals surface area (Å²) < 4.78 is 0. The molecule has 2 rings (SSSR count). The monoisotopic (exact) mass is 277 g/mol. The van der Waals surface area contributed by atoms with Crippen molar-refractivity contribution in [3.8, 4) is 0 Å². The molecule has 0 saturated carbocycles. The van der Waals surface area contributed by atoms with Crippen LogP contribution >= 0.6 is 0 Å². The van der Waals surface area contributed by atoms with Crippen LogP contribution in [-0.2, 0) is 4.79 Å². The van der Waals surface area contributed by atoms with Gasteiger partial charge >= 0.3 is 0 Å². The Bertz CT molecular complexity index is 439. The van der Waals surface area contributed by atoms with Crippen LogP contribution in [0.25, 0.3) is 0 Å². The van der Waals surface area contributed by atoms with Crippen molar-refractivity contribution >= 4 is 11.6 Å². The fourth-order valence-corrected chi connectivity index (χ4v) is 2.37. The standard InChI is InChI=1S/C15H23N3O2/c1-12(19)16-14-5-3-13(4-6-14)15(20)11-18-9-7-17(2)8-10-18/h3-6,15,20H,7-11H2,1-2H3,(H,16,19). The molecule has 0 aromatic heterocycles. The molecule has 0 bridgehead atoms. The first kappa shape index (κ1) is 15.0. The lowest BCUT2D eigenvalue weighted by Crippen LogP contribution is -2.45. The Hall–Kier alpha value is -1.43. The molecule has 0 radical (unpaired) electrons. The number of carbonyl (C=O) groups is 1. The molecule has 1 atom stereocenters. The first-order valence-corrected chi connectivity index (χ1v) is 7.01. The summed E-state index contributed by atoms with van der Waals surface area (Å²) in [5, 5.41) is 13.0. The van der Waals surface area contributed by atoms with E-state index in [2.05, 4.69) is 22.2 Å². The number of likely N-dealkylation sites (N-methyl/N-ethyl adjacent to an activating group) is 1. The Morgan fingerprint density at radius 2 is 1.85 bits per heavy atom. The first-order valence-electron chi connectivity index (χ1n) is 7.01. The summed E-state index contributed by atoms with van der Waals surface area (Å²) in [4.78, 5) is 15.5. The number of anilines is 1. The summed E-state index contributed by atoms with van der Waals surface area (Å²) in [6.07, 6.45) is -0.482. The molecule has 1 unspecified atom stereocenters. The van der Waals surface area contributed by atoms with Gasteiger partial charge in [0.05, 0.1) is 6.10 Å². The van der Waals surface area contributed by atoms with E-state index >= 15 is 0 Å². The van der Waals surface area contributed by atoms with Crippen molar-refractivity contribution in [3.05, 3.63) is 29.8 Å². The van der Waals surface area contributed by atoms with E-state index in [9.17, 15) is 9.90 Å². The zero-order valence-corrected chi connectivity index (χ0v) is 12.2. The van der Waals surface area contributed by atoms with Gasteiger partial charge in [-0.15, -0.1) is 0 Å². The Labute approximate surface area is 120 Å². The molecule has 1 aromatic rings.